The van der Waals surface area contributed by atoms with Crippen molar-refractivity contribution in [1.29, 1.82) is 0 Å². The number of amides is 1. The maximum atomic E-state index is 13.0. The fourth-order valence-electron chi connectivity index (χ4n) is 3.54. The van der Waals surface area contributed by atoms with Crippen LogP contribution in [-0.4, -0.2) is 35.7 Å². The fourth-order valence-corrected chi connectivity index (χ4v) is 3.54. The smallest absolute Gasteiger partial charge is 0.248 e. The van der Waals surface area contributed by atoms with Crippen LogP contribution in [0.25, 0.3) is 0 Å². The highest BCUT2D eigenvalue weighted by molar-refractivity contribution is 6.22. The Morgan fingerprint density at radius 3 is 2.42 bits per heavy atom. The Hall–Kier alpha value is -2.46. The van der Waals surface area contributed by atoms with Gasteiger partial charge in [-0.25, -0.2) is 4.99 Å². The molecule has 0 bridgehead atoms. The van der Waals surface area contributed by atoms with Crippen LogP contribution >= 0.6 is 0 Å². The summed E-state index contributed by atoms with van der Waals surface area (Å²) in [6.45, 7) is 1.89. The largest absolute Gasteiger partial charge is 0.322 e. The van der Waals surface area contributed by atoms with E-state index in [9.17, 15) is 4.79 Å². The summed E-state index contributed by atoms with van der Waals surface area (Å²) >= 11 is 0. The van der Waals surface area contributed by atoms with Gasteiger partial charge in [-0.15, -0.1) is 0 Å². The minimum Gasteiger partial charge on any atom is -0.322 e. The van der Waals surface area contributed by atoms with Gasteiger partial charge in [0.05, 0.1) is 17.1 Å². The van der Waals surface area contributed by atoms with Crippen molar-refractivity contribution in [3.05, 3.63) is 60.2 Å². The quantitative estimate of drug-likeness (QED) is 0.919. The first kappa shape index (κ1) is 15.1. The first-order valence-electron chi connectivity index (χ1n) is 8.61. The number of aliphatic imine (C=N–C) groups is 1. The van der Waals surface area contributed by atoms with E-state index >= 15 is 0 Å². The Morgan fingerprint density at radius 2 is 1.62 bits per heavy atom. The Morgan fingerprint density at radius 1 is 0.917 bits per heavy atom. The molecular weight excluding hydrogens is 298 g/mol. The van der Waals surface area contributed by atoms with E-state index in [1.807, 2.05) is 54.6 Å². The lowest BCUT2D eigenvalue weighted by atomic mass is 9.98. The van der Waals surface area contributed by atoms with Gasteiger partial charge in [0.25, 0.3) is 0 Å². The standard InChI is InChI=1S/C20H21N3O/c24-20-19(23-13-7-2-8-14-23)18(15-9-3-1-4-10-15)21-16-11-5-6-12-17(16)22-20/h1,3-6,9-12,19H,2,7-8,13-14H2,(H,22,24)/t19-/m0/s1. The van der Waals surface area contributed by atoms with Crippen LogP contribution < -0.4 is 5.32 Å². The van der Waals surface area contributed by atoms with E-state index in [4.69, 9.17) is 4.99 Å². The fraction of sp³-hybridized carbons (Fsp3) is 0.300. The molecule has 0 saturated carbocycles. The number of likely N-dealkylation sites (tertiary alicyclic amines) is 1. The Labute approximate surface area is 142 Å². The van der Waals surface area contributed by atoms with E-state index < -0.39 is 0 Å². The number of carbonyl (C=O) groups excluding carboxylic acids is 1. The third-order valence-electron chi connectivity index (χ3n) is 4.74. The lowest BCUT2D eigenvalue weighted by Crippen LogP contribution is -2.50. The molecule has 2 heterocycles. The van der Waals surface area contributed by atoms with Crippen molar-refractivity contribution in [2.75, 3.05) is 18.4 Å². The highest BCUT2D eigenvalue weighted by Crippen LogP contribution is 2.30. The van der Waals surface area contributed by atoms with Gasteiger partial charge < -0.3 is 5.32 Å². The van der Waals surface area contributed by atoms with Crippen LogP contribution in [0.4, 0.5) is 11.4 Å². The SMILES string of the molecule is O=C1Nc2ccccc2N=C(c2ccccc2)[C@@H]1N1CCCCC1. The van der Waals surface area contributed by atoms with Gasteiger partial charge in [-0.3, -0.25) is 9.69 Å². The molecule has 1 saturated heterocycles. The number of carbonyl (C=O) groups is 1. The van der Waals surface area contributed by atoms with Crippen molar-refractivity contribution >= 4 is 23.0 Å². The van der Waals surface area contributed by atoms with E-state index in [2.05, 4.69) is 10.2 Å². The monoisotopic (exact) mass is 319 g/mol. The van der Waals surface area contributed by atoms with Crippen molar-refractivity contribution in [2.45, 2.75) is 25.3 Å². The minimum absolute atomic E-state index is 0.0180. The molecule has 0 radical (unpaired) electrons. The van der Waals surface area contributed by atoms with Gasteiger partial charge in [-0.05, 0) is 43.6 Å². The second-order valence-corrected chi connectivity index (χ2v) is 6.37. The number of piperidine rings is 1. The summed E-state index contributed by atoms with van der Waals surface area (Å²) in [5, 5.41) is 3.07. The first-order chi connectivity index (χ1) is 11.8. The predicted octanol–water partition coefficient (Wildman–Crippen LogP) is 3.61. The summed E-state index contributed by atoms with van der Waals surface area (Å²) in [6.07, 6.45) is 3.51. The van der Waals surface area contributed by atoms with Gasteiger partial charge in [0.1, 0.15) is 6.04 Å². The summed E-state index contributed by atoms with van der Waals surface area (Å²) in [4.78, 5) is 20.2. The average Bonchev–Trinajstić information content (AvgIpc) is 2.79. The second-order valence-electron chi connectivity index (χ2n) is 6.37. The highest BCUT2D eigenvalue weighted by Gasteiger charge is 2.34. The summed E-state index contributed by atoms with van der Waals surface area (Å²) in [5.41, 5.74) is 3.47. The maximum absolute atomic E-state index is 13.0. The van der Waals surface area contributed by atoms with Crippen LogP contribution in [-0.2, 0) is 4.79 Å². The Bertz CT molecular complexity index is 763. The van der Waals surface area contributed by atoms with Crippen molar-refractivity contribution in [3.63, 3.8) is 0 Å². The number of rotatable bonds is 2. The third-order valence-corrected chi connectivity index (χ3v) is 4.74. The molecule has 0 unspecified atom stereocenters. The van der Waals surface area contributed by atoms with Gasteiger partial charge in [-0.1, -0.05) is 48.9 Å². The van der Waals surface area contributed by atoms with Gasteiger partial charge in [0.2, 0.25) is 5.91 Å². The van der Waals surface area contributed by atoms with Crippen LogP contribution in [0.15, 0.2) is 59.6 Å². The van der Waals surface area contributed by atoms with Crippen molar-refractivity contribution < 1.29 is 4.79 Å². The number of anilines is 1. The van der Waals surface area contributed by atoms with E-state index in [1.54, 1.807) is 0 Å². The van der Waals surface area contributed by atoms with Crippen LogP contribution in [0, 0.1) is 0 Å². The molecule has 0 aromatic heterocycles. The van der Waals surface area contributed by atoms with Crippen LogP contribution in [0.1, 0.15) is 24.8 Å². The summed E-state index contributed by atoms with van der Waals surface area (Å²) < 4.78 is 0. The number of hydrogen-bond acceptors (Lipinski definition) is 3. The predicted molar refractivity (Wildman–Crippen MR) is 96.9 cm³/mol. The zero-order valence-corrected chi connectivity index (χ0v) is 13.6. The zero-order valence-electron chi connectivity index (χ0n) is 13.6. The van der Waals surface area contributed by atoms with Gasteiger partial charge in [0, 0.05) is 0 Å². The number of nitrogens with zero attached hydrogens (tertiary/aromatic N) is 2. The summed E-state index contributed by atoms with van der Waals surface area (Å²) in [7, 11) is 0. The maximum Gasteiger partial charge on any atom is 0.248 e. The second kappa shape index (κ2) is 6.57. The molecule has 0 aliphatic carbocycles. The van der Waals surface area contributed by atoms with E-state index in [0.29, 0.717) is 0 Å². The van der Waals surface area contributed by atoms with Crippen molar-refractivity contribution in [3.8, 4) is 0 Å². The topological polar surface area (TPSA) is 44.7 Å². The van der Waals surface area contributed by atoms with Crippen LogP contribution in [0.5, 0.6) is 0 Å². The van der Waals surface area contributed by atoms with E-state index in [-0.39, 0.29) is 11.9 Å². The first-order valence-corrected chi connectivity index (χ1v) is 8.61. The Kier molecular flexibility index (Phi) is 4.13. The minimum atomic E-state index is -0.333. The Balaban J connectivity index is 1.83. The van der Waals surface area contributed by atoms with Gasteiger partial charge in [-0.2, -0.15) is 0 Å². The molecule has 2 aromatic rings. The molecule has 4 nitrogen and oxygen atoms in total. The number of benzene rings is 2. The molecule has 1 N–H and O–H groups in total. The molecular formula is C20H21N3O. The number of nitrogens with one attached hydrogen (secondary N) is 1. The number of para-hydroxylation sites is 2. The lowest BCUT2D eigenvalue weighted by molar-refractivity contribution is -0.119. The third kappa shape index (κ3) is 2.85. The molecule has 2 aromatic carbocycles. The summed E-state index contributed by atoms with van der Waals surface area (Å²) in [5.74, 6) is 0.0180. The molecule has 1 amide bonds. The molecule has 1 atom stereocenters. The lowest BCUT2D eigenvalue weighted by Gasteiger charge is -2.33. The number of fused-ring (bicyclic) bond motifs is 1. The number of hydrogen-bond donors (Lipinski definition) is 1. The van der Waals surface area contributed by atoms with Crippen LogP contribution in [0.3, 0.4) is 0 Å². The molecule has 0 spiro atoms. The normalized spacial score (nSPS) is 21.4. The van der Waals surface area contributed by atoms with E-state index in [0.717, 1.165) is 48.6 Å². The molecule has 122 valence electrons. The van der Waals surface area contributed by atoms with Crippen LogP contribution in [0.2, 0.25) is 0 Å². The van der Waals surface area contributed by atoms with E-state index in [1.165, 1.54) is 6.42 Å². The van der Waals surface area contributed by atoms with Gasteiger partial charge in [0.15, 0.2) is 0 Å². The molecule has 2 aliphatic heterocycles. The molecule has 24 heavy (non-hydrogen) atoms. The van der Waals surface area contributed by atoms with Gasteiger partial charge >= 0.3 is 0 Å². The molecule has 4 heteroatoms. The molecule has 2 aliphatic rings. The highest BCUT2D eigenvalue weighted by atomic mass is 16.2. The van der Waals surface area contributed by atoms with Crippen molar-refractivity contribution in [1.82, 2.24) is 4.90 Å². The molecule has 1 fully saturated rings. The zero-order chi connectivity index (χ0) is 16.4. The summed E-state index contributed by atoms with van der Waals surface area (Å²) in [6, 6.07) is 17.5. The van der Waals surface area contributed by atoms with Crippen molar-refractivity contribution in [2.24, 2.45) is 4.99 Å². The average molecular weight is 319 g/mol. The molecule has 4 rings (SSSR count).